The van der Waals surface area contributed by atoms with E-state index >= 15 is 0 Å². The number of pyridine rings is 1. The van der Waals surface area contributed by atoms with E-state index in [0.29, 0.717) is 36.2 Å². The molecular formula is C25H24FN11O. The van der Waals surface area contributed by atoms with Crippen LogP contribution < -0.4 is 10.2 Å². The molecule has 1 N–H and O–H groups in total. The molecule has 1 saturated carbocycles. The number of hydrogen-bond acceptors (Lipinski definition) is 10. The molecule has 0 amide bonds. The summed E-state index contributed by atoms with van der Waals surface area (Å²) >= 11 is 0. The van der Waals surface area contributed by atoms with Gasteiger partial charge < -0.3 is 10.2 Å². The molecule has 7 rings (SSSR count). The molecule has 2 aliphatic heterocycles. The third-order valence-electron chi connectivity index (χ3n) is 7.25. The third-order valence-corrected chi connectivity index (χ3v) is 7.25. The number of tetrazole rings is 1. The maximum absolute atomic E-state index is 13.5. The Labute approximate surface area is 216 Å². The van der Waals surface area contributed by atoms with Crippen LogP contribution in [-0.4, -0.2) is 70.5 Å². The number of Topliss-reactive ketones (excluding diaryl/α,β-unsaturated/α-hetero) is 1. The topological polar surface area (TPSA) is 131 Å². The van der Waals surface area contributed by atoms with E-state index < -0.39 is 12.0 Å². The van der Waals surface area contributed by atoms with Crippen LogP contribution in [-0.2, 0) is 11.2 Å². The van der Waals surface area contributed by atoms with E-state index in [-0.39, 0.29) is 18.2 Å². The smallest absolute Gasteiger partial charge is 0.246 e. The number of carbonyl (C=O) groups excluding carboxylic acids is 1. The minimum Gasteiger partial charge on any atom is -0.327 e. The largest absolute Gasteiger partial charge is 0.327 e. The summed E-state index contributed by atoms with van der Waals surface area (Å²) in [4.78, 5) is 30.2. The molecule has 3 aliphatic rings. The molecule has 1 aliphatic carbocycles. The van der Waals surface area contributed by atoms with Gasteiger partial charge in [-0.2, -0.15) is 14.2 Å². The lowest BCUT2D eigenvalue weighted by Gasteiger charge is -2.24. The SMILES string of the molecule is O=C(Cc1ccc(F)nc1)[C@@H]1C[C@@H](n2ncnn2)CN1c1nc(NC2=NCC(C3CC3)=C2)c2cccn2n1. The van der Waals surface area contributed by atoms with Gasteiger partial charge in [0, 0.05) is 31.8 Å². The first-order chi connectivity index (χ1) is 18.6. The molecule has 6 heterocycles. The van der Waals surface area contributed by atoms with Gasteiger partial charge in [-0.05, 0) is 59.4 Å². The average molecular weight is 514 g/mol. The first kappa shape index (κ1) is 22.6. The monoisotopic (exact) mass is 513 g/mol. The van der Waals surface area contributed by atoms with Crippen molar-refractivity contribution in [3.05, 3.63) is 66.1 Å². The van der Waals surface area contributed by atoms with Gasteiger partial charge in [0.05, 0.1) is 18.6 Å². The predicted molar refractivity (Wildman–Crippen MR) is 135 cm³/mol. The molecule has 38 heavy (non-hydrogen) atoms. The van der Waals surface area contributed by atoms with E-state index in [1.165, 1.54) is 41.8 Å². The Morgan fingerprint density at radius 2 is 2.13 bits per heavy atom. The number of ketones is 1. The number of hydrogen-bond donors (Lipinski definition) is 1. The highest BCUT2D eigenvalue weighted by Gasteiger charge is 2.40. The lowest BCUT2D eigenvalue weighted by molar-refractivity contribution is -0.119. The Morgan fingerprint density at radius 3 is 2.92 bits per heavy atom. The van der Waals surface area contributed by atoms with Crippen LogP contribution in [0.3, 0.4) is 0 Å². The number of halogens is 1. The maximum atomic E-state index is 13.5. The van der Waals surface area contributed by atoms with Crippen LogP contribution in [0.15, 0.2) is 59.6 Å². The summed E-state index contributed by atoms with van der Waals surface area (Å²) in [5.41, 5.74) is 2.80. The number of aliphatic imine (C=N–C) groups is 1. The Morgan fingerprint density at radius 1 is 1.21 bits per heavy atom. The van der Waals surface area contributed by atoms with Crippen LogP contribution in [0.5, 0.6) is 0 Å². The van der Waals surface area contributed by atoms with Gasteiger partial charge in [0.25, 0.3) is 0 Å². The number of carbonyl (C=O) groups is 1. The van der Waals surface area contributed by atoms with Crippen LogP contribution >= 0.6 is 0 Å². The van der Waals surface area contributed by atoms with Gasteiger partial charge in [-0.15, -0.1) is 15.3 Å². The molecule has 0 aromatic carbocycles. The standard InChI is InChI=1S/C25H24FN11O/c26-22-6-3-15(11-27-22)8-21(38)20-10-18(37-30-14-29-34-37)13-35(20)25-32-24(19-2-1-7-36(19)33-25)31-23-9-17(12-28-23)16-4-5-16/h1-3,6-7,9,11,14,16,18,20H,4-5,8,10,12-13H2,(H,28,31,32,33)/t18-,20+/m1/s1. The summed E-state index contributed by atoms with van der Waals surface area (Å²) in [7, 11) is 0. The van der Waals surface area contributed by atoms with E-state index in [1.54, 1.807) is 10.6 Å². The van der Waals surface area contributed by atoms with Gasteiger partial charge in [0.15, 0.2) is 17.9 Å². The highest BCUT2D eigenvalue weighted by Crippen LogP contribution is 2.38. The molecule has 13 heteroatoms. The Hall–Kier alpha value is -4.55. The lowest BCUT2D eigenvalue weighted by Crippen LogP contribution is -2.38. The minimum atomic E-state index is -0.583. The number of anilines is 2. The molecule has 2 atom stereocenters. The highest BCUT2D eigenvalue weighted by atomic mass is 19.1. The molecule has 12 nitrogen and oxygen atoms in total. The average Bonchev–Trinajstić information content (AvgIpc) is 3.39. The van der Waals surface area contributed by atoms with Crippen molar-refractivity contribution in [3.63, 3.8) is 0 Å². The molecule has 4 aromatic heterocycles. The normalized spacial score (nSPS) is 21.1. The van der Waals surface area contributed by atoms with Crippen LogP contribution in [0, 0.1) is 11.9 Å². The van der Waals surface area contributed by atoms with E-state index in [4.69, 9.17) is 10.1 Å². The van der Waals surface area contributed by atoms with Crippen LogP contribution in [0.2, 0.25) is 0 Å². The van der Waals surface area contributed by atoms with Gasteiger partial charge in [0.1, 0.15) is 11.4 Å². The third kappa shape index (κ3) is 4.29. The summed E-state index contributed by atoms with van der Waals surface area (Å²) in [6.07, 6.45) is 9.75. The Kier molecular flexibility index (Phi) is 5.41. The van der Waals surface area contributed by atoms with Crippen molar-refractivity contribution in [1.29, 1.82) is 0 Å². The summed E-state index contributed by atoms with van der Waals surface area (Å²) in [6.45, 7) is 1.14. The number of rotatable bonds is 7. The van der Waals surface area contributed by atoms with Crippen molar-refractivity contribution in [2.75, 3.05) is 23.3 Å². The molecule has 2 fully saturated rings. The fraction of sp³-hybridized carbons (Fsp3) is 0.360. The predicted octanol–water partition coefficient (Wildman–Crippen LogP) is 2.04. The number of nitrogens with zero attached hydrogens (tertiary/aromatic N) is 10. The van der Waals surface area contributed by atoms with Gasteiger partial charge in [-0.3, -0.25) is 9.79 Å². The second-order valence-corrected chi connectivity index (χ2v) is 9.86. The maximum Gasteiger partial charge on any atom is 0.246 e. The summed E-state index contributed by atoms with van der Waals surface area (Å²) in [6, 6.07) is 5.93. The van der Waals surface area contributed by atoms with Crippen LogP contribution in [0.25, 0.3) is 5.52 Å². The molecule has 0 spiro atoms. The van der Waals surface area contributed by atoms with Gasteiger partial charge in [-0.1, -0.05) is 6.07 Å². The van der Waals surface area contributed by atoms with Crippen molar-refractivity contribution < 1.29 is 9.18 Å². The minimum absolute atomic E-state index is 0.0519. The van der Waals surface area contributed by atoms with Crippen LogP contribution in [0.4, 0.5) is 16.2 Å². The number of nitrogens with one attached hydrogen (secondary N) is 1. The quantitative estimate of drug-likeness (QED) is 0.369. The first-order valence-electron chi connectivity index (χ1n) is 12.6. The fourth-order valence-corrected chi connectivity index (χ4v) is 5.16. The van der Waals surface area contributed by atoms with Crippen molar-refractivity contribution in [2.24, 2.45) is 10.9 Å². The van der Waals surface area contributed by atoms with E-state index in [9.17, 15) is 9.18 Å². The van der Waals surface area contributed by atoms with E-state index in [2.05, 4.69) is 36.8 Å². The number of amidine groups is 1. The van der Waals surface area contributed by atoms with E-state index in [1.807, 2.05) is 23.2 Å². The fourth-order valence-electron chi connectivity index (χ4n) is 5.16. The molecule has 192 valence electrons. The molecule has 0 radical (unpaired) electrons. The molecule has 4 aromatic rings. The summed E-state index contributed by atoms with van der Waals surface area (Å²) in [5, 5.41) is 20.2. The van der Waals surface area contributed by atoms with Gasteiger partial charge in [0.2, 0.25) is 11.9 Å². The highest BCUT2D eigenvalue weighted by molar-refractivity contribution is 6.07. The number of aromatic nitrogens is 8. The second kappa shape index (κ2) is 9.08. The van der Waals surface area contributed by atoms with Crippen molar-refractivity contribution in [3.8, 4) is 0 Å². The zero-order valence-corrected chi connectivity index (χ0v) is 20.4. The second-order valence-electron chi connectivity index (χ2n) is 9.86. The van der Waals surface area contributed by atoms with Gasteiger partial charge >= 0.3 is 0 Å². The van der Waals surface area contributed by atoms with Gasteiger partial charge in [-0.25, -0.2) is 9.50 Å². The molecule has 0 unspecified atom stereocenters. The van der Waals surface area contributed by atoms with Crippen molar-refractivity contribution >= 4 is 28.9 Å². The number of fused-ring (bicyclic) bond motifs is 1. The molecular weight excluding hydrogens is 489 g/mol. The zero-order valence-electron chi connectivity index (χ0n) is 20.4. The summed E-state index contributed by atoms with van der Waals surface area (Å²) in [5.74, 6) is 1.82. The Balaban J connectivity index is 1.21. The Bertz CT molecular complexity index is 1560. The van der Waals surface area contributed by atoms with E-state index in [0.717, 1.165) is 17.9 Å². The molecule has 1 saturated heterocycles. The zero-order chi connectivity index (χ0) is 25.6. The summed E-state index contributed by atoms with van der Waals surface area (Å²) < 4.78 is 15.0. The molecule has 0 bridgehead atoms. The van der Waals surface area contributed by atoms with Crippen molar-refractivity contribution in [1.82, 2.24) is 39.8 Å². The lowest BCUT2D eigenvalue weighted by atomic mass is 10.0. The van der Waals surface area contributed by atoms with Crippen molar-refractivity contribution in [2.45, 2.75) is 37.8 Å². The van der Waals surface area contributed by atoms with Crippen LogP contribution in [0.1, 0.15) is 30.9 Å². The first-order valence-corrected chi connectivity index (χ1v) is 12.6.